The molecule has 0 spiro atoms. The molecule has 2 aromatic heterocycles. The number of fused-ring (bicyclic) bond motifs is 3. The van der Waals surface area contributed by atoms with Gasteiger partial charge in [-0.25, -0.2) is 14.4 Å². The summed E-state index contributed by atoms with van der Waals surface area (Å²) in [6, 6.07) is 6.99. The van der Waals surface area contributed by atoms with Crippen LogP contribution in [0, 0.1) is 19.7 Å². The summed E-state index contributed by atoms with van der Waals surface area (Å²) in [4.78, 5) is 16.2. The summed E-state index contributed by atoms with van der Waals surface area (Å²) in [7, 11) is 0. The molecule has 5 nitrogen and oxygen atoms in total. The first-order valence-electron chi connectivity index (χ1n) is 10.5. The standard InChI is InChI=1S/C23H26FN5/c1-4-19-27-22-18(23(28-19)29-11-16-5-6-17(12-29)26-16)10-25-21(20(22)24)15-8-13(2)7-14(3)9-15/h7-10,16-17,26H,4-6,11-12H2,1-3H3. The number of benzene rings is 1. The number of nitrogens with zero attached hydrogens (tertiary/aromatic N) is 4. The van der Waals surface area contributed by atoms with Crippen LogP contribution < -0.4 is 10.2 Å². The van der Waals surface area contributed by atoms with Crippen LogP contribution in [0.15, 0.2) is 24.4 Å². The Morgan fingerprint density at radius 3 is 2.41 bits per heavy atom. The molecule has 150 valence electrons. The van der Waals surface area contributed by atoms with Crippen molar-refractivity contribution in [3.05, 3.63) is 47.2 Å². The molecule has 29 heavy (non-hydrogen) atoms. The predicted octanol–water partition coefficient (Wildman–Crippen LogP) is 3.95. The van der Waals surface area contributed by atoms with Crippen LogP contribution in [0.3, 0.4) is 0 Å². The third-order valence-corrected chi connectivity index (χ3v) is 6.04. The summed E-state index contributed by atoms with van der Waals surface area (Å²) in [5.74, 6) is 1.14. The van der Waals surface area contributed by atoms with Gasteiger partial charge in [0.1, 0.15) is 22.9 Å². The Morgan fingerprint density at radius 1 is 1.07 bits per heavy atom. The fraction of sp³-hybridized carbons (Fsp3) is 0.435. The zero-order valence-corrected chi connectivity index (χ0v) is 17.2. The van der Waals surface area contributed by atoms with Crippen molar-refractivity contribution < 1.29 is 4.39 Å². The van der Waals surface area contributed by atoms with Crippen molar-refractivity contribution in [1.29, 1.82) is 0 Å². The van der Waals surface area contributed by atoms with E-state index in [4.69, 9.17) is 4.98 Å². The fourth-order valence-corrected chi connectivity index (χ4v) is 4.77. The molecule has 1 N–H and O–H groups in total. The molecule has 0 saturated carbocycles. The van der Waals surface area contributed by atoms with Gasteiger partial charge < -0.3 is 10.2 Å². The molecule has 4 heterocycles. The second-order valence-corrected chi connectivity index (χ2v) is 8.42. The predicted molar refractivity (Wildman–Crippen MR) is 114 cm³/mol. The average Bonchev–Trinajstić information content (AvgIpc) is 3.04. The van der Waals surface area contributed by atoms with E-state index in [0.717, 1.165) is 35.6 Å². The van der Waals surface area contributed by atoms with Crippen molar-refractivity contribution in [3.8, 4) is 11.3 Å². The molecule has 2 bridgehead atoms. The molecule has 0 amide bonds. The third-order valence-electron chi connectivity index (χ3n) is 6.04. The summed E-state index contributed by atoms with van der Waals surface area (Å²) in [6.07, 6.45) is 4.80. The van der Waals surface area contributed by atoms with E-state index in [-0.39, 0.29) is 5.82 Å². The van der Waals surface area contributed by atoms with E-state index in [0.29, 0.717) is 40.9 Å². The van der Waals surface area contributed by atoms with Crippen LogP contribution in [0.5, 0.6) is 0 Å². The minimum absolute atomic E-state index is 0.357. The van der Waals surface area contributed by atoms with Gasteiger partial charge in [-0.05, 0) is 38.8 Å². The Hall–Kier alpha value is -2.60. The highest BCUT2D eigenvalue weighted by Crippen LogP contribution is 2.33. The van der Waals surface area contributed by atoms with Crippen molar-refractivity contribution in [1.82, 2.24) is 20.3 Å². The van der Waals surface area contributed by atoms with E-state index >= 15 is 4.39 Å². The summed E-state index contributed by atoms with van der Waals surface area (Å²) in [5, 5.41) is 4.35. The lowest BCUT2D eigenvalue weighted by Crippen LogP contribution is -2.51. The molecule has 2 unspecified atom stereocenters. The number of nitrogens with one attached hydrogen (secondary N) is 1. The lowest BCUT2D eigenvalue weighted by atomic mass is 10.0. The minimum Gasteiger partial charge on any atom is -0.353 e. The van der Waals surface area contributed by atoms with Gasteiger partial charge in [0.25, 0.3) is 0 Å². The first-order chi connectivity index (χ1) is 14.0. The quantitative estimate of drug-likeness (QED) is 0.733. The van der Waals surface area contributed by atoms with E-state index in [9.17, 15) is 0 Å². The molecule has 0 radical (unpaired) electrons. The summed E-state index contributed by atoms with van der Waals surface area (Å²) in [5.41, 5.74) is 3.71. The number of aryl methyl sites for hydroxylation is 3. The van der Waals surface area contributed by atoms with Gasteiger partial charge in [-0.15, -0.1) is 0 Å². The normalized spacial score (nSPS) is 21.2. The van der Waals surface area contributed by atoms with E-state index in [2.05, 4.69) is 26.3 Å². The van der Waals surface area contributed by atoms with Crippen molar-refractivity contribution in [3.63, 3.8) is 0 Å². The molecular weight excluding hydrogens is 365 g/mol. The largest absolute Gasteiger partial charge is 0.353 e. The Labute approximate surface area is 170 Å². The van der Waals surface area contributed by atoms with Gasteiger partial charge >= 0.3 is 0 Å². The van der Waals surface area contributed by atoms with Crippen LogP contribution in [-0.2, 0) is 6.42 Å². The molecule has 3 aromatic rings. The fourth-order valence-electron chi connectivity index (χ4n) is 4.77. The lowest BCUT2D eigenvalue weighted by Gasteiger charge is -2.34. The maximum absolute atomic E-state index is 15.7. The van der Waals surface area contributed by atoms with E-state index in [1.165, 1.54) is 12.8 Å². The Bertz CT molecular complexity index is 1060. The maximum Gasteiger partial charge on any atom is 0.175 e. The van der Waals surface area contributed by atoms with Crippen molar-refractivity contribution >= 4 is 16.7 Å². The van der Waals surface area contributed by atoms with Gasteiger partial charge in [-0.1, -0.05) is 24.1 Å². The van der Waals surface area contributed by atoms with Gasteiger partial charge in [0.05, 0.1) is 5.39 Å². The maximum atomic E-state index is 15.7. The molecule has 5 rings (SSSR count). The van der Waals surface area contributed by atoms with Crippen molar-refractivity contribution in [2.24, 2.45) is 0 Å². The van der Waals surface area contributed by atoms with E-state index in [1.54, 1.807) is 6.20 Å². The highest BCUT2D eigenvalue weighted by Gasteiger charge is 2.34. The number of piperazine rings is 1. The number of rotatable bonds is 3. The molecule has 2 aliphatic rings. The SMILES string of the molecule is CCc1nc(N2CC3CCC(C2)N3)c2cnc(-c3cc(C)cc(C)c3)c(F)c2n1. The van der Waals surface area contributed by atoms with Crippen LogP contribution in [-0.4, -0.2) is 40.1 Å². The van der Waals surface area contributed by atoms with Gasteiger partial charge in [0, 0.05) is 43.4 Å². The summed E-state index contributed by atoms with van der Waals surface area (Å²) >= 11 is 0. The molecule has 2 saturated heterocycles. The number of anilines is 1. The number of halogens is 1. The molecular formula is C23H26FN5. The first-order valence-corrected chi connectivity index (χ1v) is 10.5. The van der Waals surface area contributed by atoms with Crippen LogP contribution in [0.4, 0.5) is 10.2 Å². The monoisotopic (exact) mass is 391 g/mol. The van der Waals surface area contributed by atoms with Crippen LogP contribution in [0.25, 0.3) is 22.2 Å². The van der Waals surface area contributed by atoms with Gasteiger partial charge in [0.15, 0.2) is 5.82 Å². The first kappa shape index (κ1) is 18.4. The number of aromatic nitrogens is 3. The Kier molecular flexibility index (Phi) is 4.46. The average molecular weight is 391 g/mol. The van der Waals surface area contributed by atoms with Gasteiger partial charge in [0.2, 0.25) is 0 Å². The minimum atomic E-state index is -0.357. The Balaban J connectivity index is 1.67. The highest BCUT2D eigenvalue weighted by atomic mass is 19.1. The number of pyridine rings is 1. The smallest absolute Gasteiger partial charge is 0.175 e. The highest BCUT2D eigenvalue weighted by molar-refractivity contribution is 5.91. The zero-order valence-electron chi connectivity index (χ0n) is 17.2. The topological polar surface area (TPSA) is 53.9 Å². The van der Waals surface area contributed by atoms with Crippen molar-refractivity contribution in [2.75, 3.05) is 18.0 Å². The van der Waals surface area contributed by atoms with Crippen LogP contribution in [0.2, 0.25) is 0 Å². The molecule has 2 fully saturated rings. The number of hydrogen-bond donors (Lipinski definition) is 1. The third kappa shape index (κ3) is 3.25. The van der Waals surface area contributed by atoms with Crippen LogP contribution >= 0.6 is 0 Å². The van der Waals surface area contributed by atoms with E-state index in [1.807, 2.05) is 32.9 Å². The molecule has 2 atom stereocenters. The van der Waals surface area contributed by atoms with Gasteiger partial charge in [-0.2, -0.15) is 0 Å². The van der Waals surface area contributed by atoms with Crippen molar-refractivity contribution in [2.45, 2.75) is 52.1 Å². The lowest BCUT2D eigenvalue weighted by molar-refractivity contribution is 0.464. The molecule has 2 aliphatic heterocycles. The molecule has 6 heteroatoms. The van der Waals surface area contributed by atoms with Crippen LogP contribution in [0.1, 0.15) is 36.7 Å². The second kappa shape index (κ2) is 7.02. The zero-order chi connectivity index (χ0) is 20.1. The number of hydrogen-bond acceptors (Lipinski definition) is 5. The molecule has 1 aromatic carbocycles. The van der Waals surface area contributed by atoms with E-state index < -0.39 is 0 Å². The summed E-state index contributed by atoms with van der Waals surface area (Å²) < 4.78 is 15.7. The second-order valence-electron chi connectivity index (χ2n) is 8.42. The molecule has 0 aliphatic carbocycles. The van der Waals surface area contributed by atoms with Gasteiger partial charge in [-0.3, -0.25) is 4.98 Å². The Morgan fingerprint density at radius 2 is 1.76 bits per heavy atom. The summed E-state index contributed by atoms with van der Waals surface area (Å²) in [6.45, 7) is 7.84.